The Morgan fingerprint density at radius 2 is 1.92 bits per heavy atom. The van der Waals surface area contributed by atoms with Crippen molar-refractivity contribution in [1.82, 2.24) is 24.3 Å². The molecule has 182 valence electrons. The summed E-state index contributed by atoms with van der Waals surface area (Å²) in [7, 11) is 3.39. The Labute approximate surface area is 212 Å². The molecule has 5 rings (SSSR count). The molecular formula is C27H24ClN5O3. The molecular weight excluding hydrogens is 478 g/mol. The minimum atomic E-state index is -0.233. The molecule has 9 heteroatoms. The number of rotatable bonds is 7. The molecule has 0 aliphatic heterocycles. The standard InChI is InChI=1S/C27H24ClN5O3/c1-17-12-20(23-9-10-30-32(23)2)19-6-4-7-24(26(19)31-17)36-16-21-18(13-29-14-22(21)28)15-33-11-5-8-25(35-3)27(33)34/h4-14H,15-16H2,1-3H3. The van der Waals surface area contributed by atoms with Crippen LogP contribution in [0.5, 0.6) is 11.5 Å². The van der Waals surface area contributed by atoms with Gasteiger partial charge in [0.15, 0.2) is 5.75 Å². The van der Waals surface area contributed by atoms with Gasteiger partial charge in [-0.3, -0.25) is 14.5 Å². The SMILES string of the molecule is COc1cccn(Cc2cncc(Cl)c2COc2cccc3c(-c4ccnn4C)cc(C)nc23)c1=O. The largest absolute Gasteiger partial charge is 0.491 e. The van der Waals surface area contributed by atoms with Gasteiger partial charge in [0.2, 0.25) is 0 Å². The van der Waals surface area contributed by atoms with Crippen molar-refractivity contribution in [1.29, 1.82) is 0 Å². The van der Waals surface area contributed by atoms with Gasteiger partial charge in [-0.25, -0.2) is 4.98 Å². The Balaban J connectivity index is 1.50. The van der Waals surface area contributed by atoms with E-state index in [1.54, 1.807) is 41.5 Å². The zero-order valence-electron chi connectivity index (χ0n) is 20.1. The third-order valence-corrected chi connectivity index (χ3v) is 6.37. The van der Waals surface area contributed by atoms with Crippen molar-refractivity contribution in [3.8, 4) is 22.8 Å². The van der Waals surface area contributed by atoms with Crippen LogP contribution in [0.15, 0.2) is 72.0 Å². The number of para-hydroxylation sites is 1. The lowest BCUT2D eigenvalue weighted by Crippen LogP contribution is -2.22. The zero-order chi connectivity index (χ0) is 25.2. The molecule has 0 amide bonds. The van der Waals surface area contributed by atoms with E-state index in [9.17, 15) is 4.79 Å². The van der Waals surface area contributed by atoms with Crippen LogP contribution in [0.1, 0.15) is 16.8 Å². The van der Waals surface area contributed by atoms with Gasteiger partial charge in [-0.2, -0.15) is 5.10 Å². The third-order valence-electron chi connectivity index (χ3n) is 6.04. The Bertz CT molecular complexity index is 1630. The van der Waals surface area contributed by atoms with Crippen molar-refractivity contribution < 1.29 is 9.47 Å². The van der Waals surface area contributed by atoms with Gasteiger partial charge in [-0.05, 0) is 42.8 Å². The molecule has 0 atom stereocenters. The number of ether oxygens (including phenoxy) is 2. The summed E-state index contributed by atoms with van der Waals surface area (Å²) >= 11 is 6.53. The van der Waals surface area contributed by atoms with Crippen LogP contribution in [-0.4, -0.2) is 31.4 Å². The molecule has 4 aromatic heterocycles. The lowest BCUT2D eigenvalue weighted by molar-refractivity contribution is 0.307. The molecule has 0 unspecified atom stereocenters. The number of methoxy groups -OCH3 is 1. The average Bonchev–Trinajstić information content (AvgIpc) is 3.30. The average molecular weight is 502 g/mol. The predicted molar refractivity (Wildman–Crippen MR) is 139 cm³/mol. The Kier molecular flexibility index (Phi) is 6.43. The fourth-order valence-electron chi connectivity index (χ4n) is 4.24. The van der Waals surface area contributed by atoms with Crippen LogP contribution >= 0.6 is 11.6 Å². The van der Waals surface area contributed by atoms with E-state index in [4.69, 9.17) is 26.1 Å². The van der Waals surface area contributed by atoms with Crippen molar-refractivity contribution in [2.75, 3.05) is 7.11 Å². The van der Waals surface area contributed by atoms with Gasteiger partial charge in [0.1, 0.15) is 17.9 Å². The van der Waals surface area contributed by atoms with E-state index in [1.807, 2.05) is 49.0 Å². The second kappa shape index (κ2) is 9.83. The number of fused-ring (bicyclic) bond motifs is 1. The molecule has 0 saturated heterocycles. The maximum Gasteiger partial charge on any atom is 0.293 e. The molecule has 0 radical (unpaired) electrons. The summed E-state index contributed by atoms with van der Waals surface area (Å²) in [5, 5.41) is 5.74. The lowest BCUT2D eigenvalue weighted by atomic mass is 10.0. The maximum atomic E-state index is 12.7. The smallest absolute Gasteiger partial charge is 0.293 e. The molecule has 0 aliphatic carbocycles. The first-order valence-corrected chi connectivity index (χ1v) is 11.7. The van der Waals surface area contributed by atoms with Crippen LogP contribution in [-0.2, 0) is 20.2 Å². The van der Waals surface area contributed by atoms with E-state index < -0.39 is 0 Å². The molecule has 0 bridgehead atoms. The fourth-order valence-corrected chi connectivity index (χ4v) is 4.48. The summed E-state index contributed by atoms with van der Waals surface area (Å²) in [6.07, 6.45) is 6.75. The highest BCUT2D eigenvalue weighted by Gasteiger charge is 2.15. The Morgan fingerprint density at radius 1 is 1.08 bits per heavy atom. The highest BCUT2D eigenvalue weighted by Crippen LogP contribution is 2.33. The topological polar surface area (TPSA) is 84.1 Å². The molecule has 0 aliphatic rings. The Hall–Kier alpha value is -4.17. The van der Waals surface area contributed by atoms with Gasteiger partial charge in [0, 0.05) is 54.0 Å². The number of aryl methyl sites for hydroxylation is 2. The second-order valence-corrected chi connectivity index (χ2v) is 8.77. The number of pyridine rings is 3. The van der Waals surface area contributed by atoms with Gasteiger partial charge in [0.05, 0.1) is 24.4 Å². The number of hydrogen-bond donors (Lipinski definition) is 0. The van der Waals surface area contributed by atoms with Crippen molar-refractivity contribution in [2.45, 2.75) is 20.1 Å². The minimum absolute atomic E-state index is 0.186. The van der Waals surface area contributed by atoms with Crippen LogP contribution in [0.3, 0.4) is 0 Å². The molecule has 0 N–H and O–H groups in total. The van der Waals surface area contributed by atoms with Crippen LogP contribution in [0.25, 0.3) is 22.2 Å². The molecule has 8 nitrogen and oxygen atoms in total. The van der Waals surface area contributed by atoms with E-state index in [0.717, 1.165) is 39.0 Å². The lowest BCUT2D eigenvalue weighted by Gasteiger charge is -2.16. The fraction of sp³-hybridized carbons (Fsp3) is 0.185. The van der Waals surface area contributed by atoms with Crippen molar-refractivity contribution in [3.05, 3.63) is 99.4 Å². The van der Waals surface area contributed by atoms with Crippen LogP contribution in [0.2, 0.25) is 5.02 Å². The monoisotopic (exact) mass is 501 g/mol. The first-order valence-electron chi connectivity index (χ1n) is 11.3. The second-order valence-electron chi connectivity index (χ2n) is 8.36. The van der Waals surface area contributed by atoms with E-state index >= 15 is 0 Å². The van der Waals surface area contributed by atoms with Gasteiger partial charge in [-0.15, -0.1) is 0 Å². The zero-order valence-corrected chi connectivity index (χ0v) is 20.9. The predicted octanol–water partition coefficient (Wildman–Crippen LogP) is 4.79. The maximum absolute atomic E-state index is 12.7. The van der Waals surface area contributed by atoms with Crippen LogP contribution < -0.4 is 15.0 Å². The molecule has 36 heavy (non-hydrogen) atoms. The highest BCUT2D eigenvalue weighted by atomic mass is 35.5. The Morgan fingerprint density at radius 3 is 2.69 bits per heavy atom. The molecule has 0 saturated carbocycles. The summed E-state index contributed by atoms with van der Waals surface area (Å²) in [4.78, 5) is 21.6. The van der Waals surface area contributed by atoms with Crippen molar-refractivity contribution >= 4 is 22.5 Å². The van der Waals surface area contributed by atoms with Crippen molar-refractivity contribution in [2.24, 2.45) is 7.05 Å². The molecule has 1 aromatic carbocycles. The summed E-state index contributed by atoms with van der Waals surface area (Å²) in [6, 6.07) is 13.3. The van der Waals surface area contributed by atoms with Crippen molar-refractivity contribution in [3.63, 3.8) is 0 Å². The van der Waals surface area contributed by atoms with Gasteiger partial charge in [0.25, 0.3) is 5.56 Å². The molecule has 0 fully saturated rings. The molecule has 4 heterocycles. The minimum Gasteiger partial charge on any atom is -0.491 e. The third kappa shape index (κ3) is 4.43. The highest BCUT2D eigenvalue weighted by molar-refractivity contribution is 6.31. The molecule has 0 spiro atoms. The number of benzene rings is 1. The van der Waals surface area contributed by atoms with Gasteiger partial charge in [-0.1, -0.05) is 23.7 Å². The van der Waals surface area contributed by atoms with Crippen LogP contribution in [0, 0.1) is 6.92 Å². The normalized spacial score (nSPS) is 11.1. The number of hydrogen-bond acceptors (Lipinski definition) is 6. The quantitative estimate of drug-likeness (QED) is 0.319. The summed E-state index contributed by atoms with van der Waals surface area (Å²) in [5.41, 5.74) is 4.94. The summed E-state index contributed by atoms with van der Waals surface area (Å²) in [5.74, 6) is 0.906. The number of nitrogens with zero attached hydrogens (tertiary/aromatic N) is 5. The van der Waals surface area contributed by atoms with E-state index in [2.05, 4.69) is 10.1 Å². The number of aromatic nitrogens is 5. The summed E-state index contributed by atoms with van der Waals surface area (Å²) in [6.45, 7) is 2.42. The van der Waals surface area contributed by atoms with Gasteiger partial charge < -0.3 is 14.0 Å². The summed E-state index contributed by atoms with van der Waals surface area (Å²) < 4.78 is 14.8. The first kappa shape index (κ1) is 23.6. The first-order chi connectivity index (χ1) is 17.5. The van der Waals surface area contributed by atoms with E-state index in [1.165, 1.54) is 7.11 Å². The van der Waals surface area contributed by atoms with Crippen LogP contribution in [0.4, 0.5) is 0 Å². The van der Waals surface area contributed by atoms with E-state index in [-0.39, 0.29) is 24.5 Å². The van der Waals surface area contributed by atoms with E-state index in [0.29, 0.717) is 10.8 Å². The van der Waals surface area contributed by atoms with Gasteiger partial charge >= 0.3 is 0 Å². The number of halogens is 1. The molecule has 5 aromatic rings.